The third kappa shape index (κ3) is 3.00. The normalized spacial score (nSPS) is 16.6. The molecule has 0 heterocycles. The summed E-state index contributed by atoms with van der Waals surface area (Å²) in [4.78, 5) is 11.5. The summed E-state index contributed by atoms with van der Waals surface area (Å²) in [6, 6.07) is 3.22. The second kappa shape index (κ2) is 4.79. The van der Waals surface area contributed by atoms with Gasteiger partial charge in [0.25, 0.3) is 0 Å². The first-order valence-corrected chi connectivity index (χ1v) is 5.57. The second-order valence-corrected chi connectivity index (χ2v) is 4.35. The number of hydrogen-bond acceptors (Lipinski definition) is 2. The monoisotopic (exact) mass is 240 g/mol. The zero-order valence-electron chi connectivity index (χ0n) is 9.25. The van der Waals surface area contributed by atoms with E-state index < -0.39 is 23.2 Å². The molecule has 1 amide bonds. The van der Waals surface area contributed by atoms with Crippen LogP contribution in [-0.2, 0) is 4.79 Å². The summed E-state index contributed by atoms with van der Waals surface area (Å²) in [6.45, 7) is 0. The number of amides is 1. The molecule has 0 aliphatic heterocycles. The highest BCUT2D eigenvalue weighted by molar-refractivity contribution is 5.91. The average Bonchev–Trinajstić information content (AvgIpc) is 3.07. The van der Waals surface area contributed by atoms with E-state index >= 15 is 0 Å². The molecule has 0 aromatic heterocycles. The van der Waals surface area contributed by atoms with Crippen molar-refractivity contribution in [1.29, 1.82) is 0 Å². The van der Waals surface area contributed by atoms with Crippen molar-refractivity contribution in [3.63, 3.8) is 0 Å². The zero-order valence-corrected chi connectivity index (χ0v) is 9.25. The average molecular weight is 240 g/mol. The Balaban J connectivity index is 1.97. The number of nitrogens with two attached hydrogens (primary N) is 1. The zero-order chi connectivity index (χ0) is 12.4. The minimum atomic E-state index is -0.779. The Labute approximate surface area is 98.0 Å². The summed E-state index contributed by atoms with van der Waals surface area (Å²) in [5.74, 6) is -1.63. The SMILES string of the molecule is NC(CC(=O)Nc1c(F)cccc1F)C1CC1. The van der Waals surface area contributed by atoms with Crippen LogP contribution < -0.4 is 11.1 Å². The van der Waals surface area contributed by atoms with Crippen LogP contribution in [0.15, 0.2) is 18.2 Å². The molecule has 0 bridgehead atoms. The van der Waals surface area contributed by atoms with E-state index in [0.717, 1.165) is 25.0 Å². The van der Waals surface area contributed by atoms with E-state index in [1.54, 1.807) is 0 Å². The first kappa shape index (κ1) is 12.0. The number of hydrogen-bond donors (Lipinski definition) is 2. The third-order valence-corrected chi connectivity index (χ3v) is 2.88. The molecular formula is C12H14F2N2O. The first-order chi connectivity index (χ1) is 8.08. The largest absolute Gasteiger partial charge is 0.327 e. The fourth-order valence-electron chi connectivity index (χ4n) is 1.71. The lowest BCUT2D eigenvalue weighted by Crippen LogP contribution is -2.29. The minimum Gasteiger partial charge on any atom is -0.327 e. The number of halogens is 2. The Morgan fingerprint density at radius 3 is 2.53 bits per heavy atom. The van der Waals surface area contributed by atoms with Gasteiger partial charge >= 0.3 is 0 Å². The third-order valence-electron chi connectivity index (χ3n) is 2.88. The Bertz CT molecular complexity index is 412. The van der Waals surface area contributed by atoms with Crippen molar-refractivity contribution in [2.45, 2.75) is 25.3 Å². The van der Waals surface area contributed by atoms with Crippen molar-refractivity contribution >= 4 is 11.6 Å². The number of carbonyl (C=O) groups is 1. The lowest BCUT2D eigenvalue weighted by Gasteiger charge is -2.11. The van der Waals surface area contributed by atoms with Crippen LogP contribution in [0.25, 0.3) is 0 Å². The summed E-state index contributed by atoms with van der Waals surface area (Å²) in [6.07, 6.45) is 2.16. The quantitative estimate of drug-likeness (QED) is 0.846. The Morgan fingerprint density at radius 1 is 1.41 bits per heavy atom. The molecule has 1 fully saturated rings. The van der Waals surface area contributed by atoms with Gasteiger partial charge in [-0.1, -0.05) is 6.07 Å². The van der Waals surface area contributed by atoms with Gasteiger partial charge in [-0.3, -0.25) is 4.79 Å². The highest BCUT2D eigenvalue weighted by Crippen LogP contribution is 2.33. The molecule has 17 heavy (non-hydrogen) atoms. The van der Waals surface area contributed by atoms with E-state index in [4.69, 9.17) is 5.73 Å². The minimum absolute atomic E-state index is 0.0957. The standard InChI is InChI=1S/C12H14F2N2O/c13-8-2-1-3-9(14)12(8)16-11(17)6-10(15)7-4-5-7/h1-3,7,10H,4-6,15H2,(H,16,17). The molecule has 1 aromatic rings. The predicted molar refractivity (Wildman–Crippen MR) is 60.3 cm³/mol. The van der Waals surface area contributed by atoms with E-state index in [1.807, 2.05) is 0 Å². The van der Waals surface area contributed by atoms with Gasteiger partial charge in [-0.2, -0.15) is 0 Å². The van der Waals surface area contributed by atoms with Crippen molar-refractivity contribution in [3.8, 4) is 0 Å². The van der Waals surface area contributed by atoms with Crippen molar-refractivity contribution in [2.75, 3.05) is 5.32 Å². The Kier molecular flexibility index (Phi) is 3.38. The summed E-state index contributed by atoms with van der Waals surface area (Å²) in [5.41, 5.74) is 5.36. The molecule has 3 nitrogen and oxygen atoms in total. The van der Waals surface area contributed by atoms with Crippen LogP contribution in [0.4, 0.5) is 14.5 Å². The van der Waals surface area contributed by atoms with Crippen LogP contribution in [0.3, 0.4) is 0 Å². The number of benzene rings is 1. The first-order valence-electron chi connectivity index (χ1n) is 5.57. The molecule has 3 N–H and O–H groups in total. The smallest absolute Gasteiger partial charge is 0.226 e. The lowest BCUT2D eigenvalue weighted by atomic mass is 10.1. The number of rotatable bonds is 4. The van der Waals surface area contributed by atoms with Crippen LogP contribution >= 0.6 is 0 Å². The Hall–Kier alpha value is -1.49. The van der Waals surface area contributed by atoms with Crippen LogP contribution in [0.2, 0.25) is 0 Å². The molecule has 1 atom stereocenters. The molecule has 1 aromatic carbocycles. The molecule has 92 valence electrons. The van der Waals surface area contributed by atoms with E-state index in [9.17, 15) is 13.6 Å². The maximum absolute atomic E-state index is 13.2. The molecule has 0 spiro atoms. The molecule has 2 rings (SSSR count). The summed E-state index contributed by atoms with van der Waals surface area (Å²) in [7, 11) is 0. The molecular weight excluding hydrogens is 226 g/mol. The van der Waals surface area contributed by atoms with Crippen molar-refractivity contribution in [3.05, 3.63) is 29.8 Å². The lowest BCUT2D eigenvalue weighted by molar-refractivity contribution is -0.116. The van der Waals surface area contributed by atoms with Crippen LogP contribution in [0.5, 0.6) is 0 Å². The summed E-state index contributed by atoms with van der Waals surface area (Å²) >= 11 is 0. The van der Waals surface area contributed by atoms with Crippen LogP contribution in [0.1, 0.15) is 19.3 Å². The van der Waals surface area contributed by atoms with Gasteiger partial charge in [0.05, 0.1) is 0 Å². The fraction of sp³-hybridized carbons (Fsp3) is 0.417. The molecule has 1 unspecified atom stereocenters. The van der Waals surface area contributed by atoms with Crippen LogP contribution in [0, 0.1) is 17.6 Å². The fourth-order valence-corrected chi connectivity index (χ4v) is 1.71. The number of nitrogens with one attached hydrogen (secondary N) is 1. The van der Waals surface area contributed by atoms with Gasteiger partial charge in [0.1, 0.15) is 17.3 Å². The van der Waals surface area contributed by atoms with E-state index in [2.05, 4.69) is 5.32 Å². The summed E-state index contributed by atoms with van der Waals surface area (Å²) < 4.78 is 26.5. The van der Waals surface area contributed by atoms with E-state index in [-0.39, 0.29) is 12.5 Å². The van der Waals surface area contributed by atoms with Crippen molar-refractivity contribution in [2.24, 2.45) is 11.7 Å². The van der Waals surface area contributed by atoms with Gasteiger partial charge in [0.2, 0.25) is 5.91 Å². The van der Waals surface area contributed by atoms with Gasteiger partial charge in [0, 0.05) is 12.5 Å². The van der Waals surface area contributed by atoms with Crippen molar-refractivity contribution in [1.82, 2.24) is 0 Å². The molecule has 0 radical (unpaired) electrons. The number of carbonyl (C=O) groups excluding carboxylic acids is 1. The van der Waals surface area contributed by atoms with Gasteiger partial charge in [-0.15, -0.1) is 0 Å². The van der Waals surface area contributed by atoms with Gasteiger partial charge in [0.15, 0.2) is 0 Å². The summed E-state index contributed by atoms with van der Waals surface area (Å²) in [5, 5.41) is 2.22. The molecule has 0 saturated heterocycles. The Morgan fingerprint density at radius 2 is 2.00 bits per heavy atom. The molecule has 5 heteroatoms. The molecule has 1 aliphatic rings. The van der Waals surface area contributed by atoms with E-state index in [1.165, 1.54) is 6.07 Å². The maximum Gasteiger partial charge on any atom is 0.226 e. The number of anilines is 1. The van der Waals surface area contributed by atoms with Gasteiger partial charge < -0.3 is 11.1 Å². The second-order valence-electron chi connectivity index (χ2n) is 4.35. The highest BCUT2D eigenvalue weighted by atomic mass is 19.1. The van der Waals surface area contributed by atoms with Crippen LogP contribution in [-0.4, -0.2) is 11.9 Å². The predicted octanol–water partition coefficient (Wildman–Crippen LogP) is 2.03. The molecule has 1 aliphatic carbocycles. The highest BCUT2D eigenvalue weighted by Gasteiger charge is 2.30. The maximum atomic E-state index is 13.2. The van der Waals surface area contributed by atoms with Gasteiger partial charge in [-0.25, -0.2) is 8.78 Å². The van der Waals surface area contributed by atoms with E-state index in [0.29, 0.717) is 5.92 Å². The van der Waals surface area contributed by atoms with Crippen molar-refractivity contribution < 1.29 is 13.6 Å². The van der Waals surface area contributed by atoms with Gasteiger partial charge in [-0.05, 0) is 30.9 Å². The molecule has 1 saturated carbocycles. The number of para-hydroxylation sites is 1. The topological polar surface area (TPSA) is 55.1 Å².